The number of aromatic nitrogens is 4. The number of benzene rings is 2. The molecular formula is C24H23N5O3. The average molecular weight is 429 g/mol. The Balaban J connectivity index is 1.38. The van der Waals surface area contributed by atoms with Gasteiger partial charge in [0.25, 0.3) is 5.56 Å². The van der Waals surface area contributed by atoms with Crippen LogP contribution in [-0.2, 0) is 11.3 Å². The highest BCUT2D eigenvalue weighted by atomic mass is 16.5. The number of nitrogens with zero attached hydrogens (tertiary/aromatic N) is 5. The number of hydrogen-bond donors (Lipinski definition) is 0. The van der Waals surface area contributed by atoms with E-state index in [2.05, 4.69) is 15.1 Å². The zero-order valence-electron chi connectivity index (χ0n) is 18.2. The summed E-state index contributed by atoms with van der Waals surface area (Å²) in [6.07, 6.45) is 0.311. The summed E-state index contributed by atoms with van der Waals surface area (Å²) in [4.78, 5) is 36.3. The highest BCUT2D eigenvalue weighted by Crippen LogP contribution is 2.31. The third-order valence-corrected chi connectivity index (χ3v) is 6.11. The molecule has 1 aliphatic rings. The number of carbonyl (C=O) groups excluding carboxylic acids is 1. The van der Waals surface area contributed by atoms with Crippen molar-refractivity contribution in [1.82, 2.24) is 19.7 Å². The van der Waals surface area contributed by atoms with Crippen LogP contribution in [0.1, 0.15) is 41.0 Å². The van der Waals surface area contributed by atoms with Crippen LogP contribution in [0.2, 0.25) is 0 Å². The van der Waals surface area contributed by atoms with Gasteiger partial charge in [0.15, 0.2) is 5.82 Å². The Bertz CT molecular complexity index is 1400. The second-order valence-corrected chi connectivity index (χ2v) is 8.29. The van der Waals surface area contributed by atoms with Gasteiger partial charge in [-0.1, -0.05) is 23.4 Å². The normalized spacial score (nSPS) is 16.3. The third-order valence-electron chi connectivity index (χ3n) is 6.11. The largest absolute Gasteiger partial charge is 0.339 e. The Morgan fingerprint density at radius 1 is 1.03 bits per heavy atom. The minimum Gasteiger partial charge on any atom is -0.339 e. The molecule has 1 aliphatic heterocycles. The van der Waals surface area contributed by atoms with Gasteiger partial charge < -0.3 is 9.42 Å². The first kappa shape index (κ1) is 20.1. The van der Waals surface area contributed by atoms with Crippen LogP contribution < -0.4 is 10.5 Å². The smallest absolute Gasteiger partial charge is 0.261 e. The molecule has 1 fully saturated rings. The number of amides is 1. The lowest BCUT2D eigenvalue weighted by Gasteiger charge is -2.17. The van der Waals surface area contributed by atoms with Gasteiger partial charge in [-0.05, 0) is 56.2 Å². The van der Waals surface area contributed by atoms with Crippen LogP contribution in [0.4, 0.5) is 5.69 Å². The number of para-hydroxylation sites is 1. The molecule has 8 heteroatoms. The number of hydrogen-bond acceptors (Lipinski definition) is 6. The molecule has 3 heterocycles. The van der Waals surface area contributed by atoms with E-state index in [1.165, 1.54) is 10.1 Å². The Hall–Kier alpha value is -3.81. The molecular weight excluding hydrogens is 406 g/mol. The molecule has 162 valence electrons. The number of anilines is 1. The molecule has 0 bridgehead atoms. The third kappa shape index (κ3) is 3.47. The summed E-state index contributed by atoms with van der Waals surface area (Å²) in [7, 11) is 0. The number of rotatable bonds is 4. The van der Waals surface area contributed by atoms with Gasteiger partial charge in [0.1, 0.15) is 5.82 Å². The molecule has 1 saturated heterocycles. The second kappa shape index (κ2) is 7.71. The minimum absolute atomic E-state index is 0.0313. The molecule has 0 N–H and O–H groups in total. The van der Waals surface area contributed by atoms with Crippen LogP contribution in [0.25, 0.3) is 10.9 Å². The van der Waals surface area contributed by atoms with Crippen molar-refractivity contribution < 1.29 is 9.32 Å². The molecule has 5 rings (SSSR count). The summed E-state index contributed by atoms with van der Waals surface area (Å²) in [6.45, 7) is 6.51. The molecule has 8 nitrogen and oxygen atoms in total. The van der Waals surface area contributed by atoms with E-state index in [0.717, 1.165) is 11.3 Å². The average Bonchev–Trinajstić information content (AvgIpc) is 3.40. The van der Waals surface area contributed by atoms with Gasteiger partial charge in [-0.3, -0.25) is 14.2 Å². The van der Waals surface area contributed by atoms with Crippen LogP contribution in [0.15, 0.2) is 51.8 Å². The quantitative estimate of drug-likeness (QED) is 0.494. The maximum atomic E-state index is 12.9. The van der Waals surface area contributed by atoms with Gasteiger partial charge in [-0.15, -0.1) is 0 Å². The van der Waals surface area contributed by atoms with Crippen molar-refractivity contribution in [2.24, 2.45) is 0 Å². The topological polar surface area (TPSA) is 94.1 Å². The lowest BCUT2D eigenvalue weighted by Crippen LogP contribution is -2.25. The summed E-state index contributed by atoms with van der Waals surface area (Å²) in [6, 6.07) is 13.3. The predicted octanol–water partition coefficient (Wildman–Crippen LogP) is 3.27. The van der Waals surface area contributed by atoms with Crippen molar-refractivity contribution in [2.45, 2.75) is 39.7 Å². The van der Waals surface area contributed by atoms with Gasteiger partial charge >= 0.3 is 0 Å². The number of carbonyl (C=O) groups is 1. The van der Waals surface area contributed by atoms with Crippen LogP contribution in [0.5, 0.6) is 0 Å². The maximum absolute atomic E-state index is 12.9. The summed E-state index contributed by atoms with van der Waals surface area (Å²) < 4.78 is 7.03. The van der Waals surface area contributed by atoms with E-state index >= 15 is 0 Å². The first-order valence-electron chi connectivity index (χ1n) is 10.6. The van der Waals surface area contributed by atoms with Gasteiger partial charge in [0.2, 0.25) is 11.8 Å². The van der Waals surface area contributed by atoms with Crippen LogP contribution in [0, 0.1) is 20.8 Å². The van der Waals surface area contributed by atoms with Crippen molar-refractivity contribution >= 4 is 22.5 Å². The van der Waals surface area contributed by atoms with Gasteiger partial charge in [0.05, 0.1) is 23.4 Å². The van der Waals surface area contributed by atoms with E-state index in [-0.39, 0.29) is 23.9 Å². The first-order valence-corrected chi connectivity index (χ1v) is 10.6. The van der Waals surface area contributed by atoms with Crippen molar-refractivity contribution in [3.8, 4) is 0 Å². The van der Waals surface area contributed by atoms with E-state index in [1.807, 2.05) is 50.2 Å². The van der Waals surface area contributed by atoms with Gasteiger partial charge in [-0.2, -0.15) is 4.98 Å². The lowest BCUT2D eigenvalue weighted by atomic mass is 10.1. The van der Waals surface area contributed by atoms with Crippen molar-refractivity contribution in [1.29, 1.82) is 0 Å². The molecule has 0 spiro atoms. The molecule has 4 aromatic rings. The zero-order chi connectivity index (χ0) is 22.4. The summed E-state index contributed by atoms with van der Waals surface area (Å²) >= 11 is 0. The van der Waals surface area contributed by atoms with Crippen LogP contribution >= 0.6 is 0 Å². The molecule has 0 saturated carbocycles. The van der Waals surface area contributed by atoms with E-state index in [0.29, 0.717) is 41.4 Å². The number of fused-ring (bicyclic) bond motifs is 1. The lowest BCUT2D eigenvalue weighted by molar-refractivity contribution is -0.117. The monoisotopic (exact) mass is 429 g/mol. The molecule has 32 heavy (non-hydrogen) atoms. The van der Waals surface area contributed by atoms with E-state index in [1.54, 1.807) is 17.9 Å². The Labute approximate surface area is 184 Å². The fourth-order valence-corrected chi connectivity index (χ4v) is 4.12. The SMILES string of the molecule is Cc1ccc(N2C[C@H](c3nc(Cn4c(C)nc5ccccc5c4=O)no3)CC2=O)cc1C. The summed E-state index contributed by atoms with van der Waals surface area (Å²) in [5.74, 6) is 1.23. The number of aryl methyl sites for hydroxylation is 3. The standard InChI is InChI=1S/C24H23N5O3/c1-14-8-9-18(10-15(14)2)29-12-17(11-22(29)30)23-26-21(27-32-23)13-28-16(3)25-20-7-5-4-6-19(20)24(28)31/h4-10,17H,11-13H2,1-3H3/t17-/m1/s1. The van der Waals surface area contributed by atoms with Crippen LogP contribution in [0.3, 0.4) is 0 Å². The van der Waals surface area contributed by atoms with E-state index in [9.17, 15) is 9.59 Å². The van der Waals surface area contributed by atoms with Gasteiger partial charge in [0, 0.05) is 18.7 Å². The van der Waals surface area contributed by atoms with Crippen molar-refractivity contribution in [3.63, 3.8) is 0 Å². The molecule has 0 radical (unpaired) electrons. The molecule has 2 aromatic heterocycles. The Kier molecular flexibility index (Phi) is 4.84. The van der Waals surface area contributed by atoms with Crippen molar-refractivity contribution in [3.05, 3.63) is 81.5 Å². The fraction of sp³-hybridized carbons (Fsp3) is 0.292. The summed E-state index contributed by atoms with van der Waals surface area (Å²) in [5, 5.41) is 4.61. The molecule has 2 aromatic carbocycles. The predicted molar refractivity (Wildman–Crippen MR) is 120 cm³/mol. The van der Waals surface area contributed by atoms with E-state index in [4.69, 9.17) is 4.52 Å². The Morgan fingerprint density at radius 2 is 1.84 bits per heavy atom. The van der Waals surface area contributed by atoms with Crippen molar-refractivity contribution in [2.75, 3.05) is 11.4 Å². The minimum atomic E-state index is -0.182. The van der Waals surface area contributed by atoms with Gasteiger partial charge in [-0.25, -0.2) is 4.98 Å². The highest BCUT2D eigenvalue weighted by molar-refractivity contribution is 5.96. The maximum Gasteiger partial charge on any atom is 0.261 e. The molecule has 0 aliphatic carbocycles. The highest BCUT2D eigenvalue weighted by Gasteiger charge is 2.35. The second-order valence-electron chi connectivity index (χ2n) is 8.29. The zero-order valence-corrected chi connectivity index (χ0v) is 18.2. The first-order chi connectivity index (χ1) is 15.4. The molecule has 0 unspecified atom stereocenters. The summed E-state index contributed by atoms with van der Waals surface area (Å²) in [5.41, 5.74) is 3.73. The fourth-order valence-electron chi connectivity index (χ4n) is 4.12. The molecule has 1 atom stereocenters. The Morgan fingerprint density at radius 3 is 2.66 bits per heavy atom. The van der Waals surface area contributed by atoms with Crippen LogP contribution in [-0.4, -0.2) is 32.1 Å². The molecule has 1 amide bonds. The van der Waals surface area contributed by atoms with E-state index < -0.39 is 0 Å².